The SMILES string of the molecule is CC(C)(C)OC(=O)N1CCC(CN2CCS(=O)(=O)CC2)CC1(C)C. The molecule has 2 heterocycles. The summed E-state index contributed by atoms with van der Waals surface area (Å²) in [6.45, 7) is 12.7. The predicted octanol–water partition coefficient (Wildman–Crippen LogP) is 2.14. The lowest BCUT2D eigenvalue weighted by atomic mass is 9.82. The fourth-order valence-corrected chi connectivity index (χ4v) is 4.92. The first-order chi connectivity index (χ1) is 10.9. The number of hydrogen-bond donors (Lipinski definition) is 0. The molecule has 2 fully saturated rings. The number of hydrogen-bond acceptors (Lipinski definition) is 5. The van der Waals surface area contributed by atoms with Crippen molar-refractivity contribution in [1.82, 2.24) is 9.80 Å². The van der Waals surface area contributed by atoms with Crippen LogP contribution in [0.15, 0.2) is 0 Å². The largest absolute Gasteiger partial charge is 0.444 e. The molecule has 1 atom stereocenters. The molecule has 0 N–H and O–H groups in total. The summed E-state index contributed by atoms with van der Waals surface area (Å²) in [6.07, 6.45) is 1.61. The molecule has 0 aliphatic carbocycles. The maximum atomic E-state index is 12.4. The van der Waals surface area contributed by atoms with Crippen LogP contribution >= 0.6 is 0 Å². The number of carbonyl (C=O) groups excluding carboxylic acids is 1. The summed E-state index contributed by atoms with van der Waals surface area (Å²) in [6, 6.07) is 0. The van der Waals surface area contributed by atoms with E-state index in [-0.39, 0.29) is 23.1 Å². The van der Waals surface area contributed by atoms with Gasteiger partial charge in [-0.2, -0.15) is 0 Å². The Kier molecular flexibility index (Phi) is 5.55. The summed E-state index contributed by atoms with van der Waals surface area (Å²) in [4.78, 5) is 16.5. The van der Waals surface area contributed by atoms with Crippen LogP contribution < -0.4 is 0 Å². The summed E-state index contributed by atoms with van der Waals surface area (Å²) in [5.41, 5.74) is -0.726. The molecule has 0 bridgehead atoms. The molecule has 0 radical (unpaired) electrons. The lowest BCUT2D eigenvalue weighted by molar-refractivity contribution is -0.0174. The van der Waals surface area contributed by atoms with Gasteiger partial charge in [0.05, 0.1) is 11.5 Å². The summed E-state index contributed by atoms with van der Waals surface area (Å²) in [5.74, 6) is 1.03. The number of piperidine rings is 1. The fraction of sp³-hybridized carbons (Fsp3) is 0.941. The second-order valence-corrected chi connectivity index (χ2v) is 11.1. The van der Waals surface area contributed by atoms with Crippen molar-refractivity contribution in [1.29, 1.82) is 0 Å². The molecule has 2 aliphatic heterocycles. The van der Waals surface area contributed by atoms with Gasteiger partial charge < -0.3 is 14.5 Å². The molecule has 0 aromatic rings. The van der Waals surface area contributed by atoms with E-state index in [0.717, 1.165) is 19.4 Å². The normalized spacial score (nSPS) is 27.7. The Bertz CT molecular complexity index is 552. The van der Waals surface area contributed by atoms with Crippen LogP contribution in [-0.4, -0.2) is 73.1 Å². The third-order valence-corrected chi connectivity index (χ3v) is 6.46. The van der Waals surface area contributed by atoms with E-state index in [4.69, 9.17) is 4.74 Å². The van der Waals surface area contributed by atoms with Crippen LogP contribution in [0.3, 0.4) is 0 Å². The van der Waals surface area contributed by atoms with E-state index in [1.807, 2.05) is 25.7 Å². The Morgan fingerprint density at radius 2 is 1.75 bits per heavy atom. The smallest absolute Gasteiger partial charge is 0.410 e. The third kappa shape index (κ3) is 5.34. The van der Waals surface area contributed by atoms with E-state index in [1.165, 1.54) is 0 Å². The minimum atomic E-state index is -2.83. The number of ether oxygens (including phenoxy) is 1. The van der Waals surface area contributed by atoms with Gasteiger partial charge in [-0.25, -0.2) is 13.2 Å². The summed E-state index contributed by atoms with van der Waals surface area (Å²) < 4.78 is 28.6. The standard InChI is InChI=1S/C17H32N2O4S/c1-16(2,3)23-15(20)19-7-6-14(12-17(19,4)5)13-18-8-10-24(21,22)11-9-18/h14H,6-13H2,1-5H3. The van der Waals surface area contributed by atoms with Crippen molar-refractivity contribution in [2.75, 3.05) is 37.7 Å². The second-order valence-electron chi connectivity index (χ2n) is 8.76. The summed E-state index contributed by atoms with van der Waals surface area (Å²) in [5, 5.41) is 0. The van der Waals surface area contributed by atoms with Gasteiger partial charge in [0.2, 0.25) is 0 Å². The zero-order valence-electron chi connectivity index (χ0n) is 15.7. The zero-order chi connectivity index (χ0) is 18.2. The van der Waals surface area contributed by atoms with Gasteiger partial charge in [0.15, 0.2) is 9.84 Å². The van der Waals surface area contributed by atoms with Crippen molar-refractivity contribution in [3.8, 4) is 0 Å². The predicted molar refractivity (Wildman–Crippen MR) is 94.8 cm³/mol. The van der Waals surface area contributed by atoms with Crippen LogP contribution in [0.4, 0.5) is 4.79 Å². The first kappa shape index (κ1) is 19.5. The van der Waals surface area contributed by atoms with Gasteiger partial charge in [-0.3, -0.25) is 0 Å². The number of likely N-dealkylation sites (tertiary alicyclic amines) is 1. The van der Waals surface area contributed by atoms with Crippen molar-refractivity contribution in [3.05, 3.63) is 0 Å². The monoisotopic (exact) mass is 360 g/mol. The Hall–Kier alpha value is -0.820. The van der Waals surface area contributed by atoms with E-state index in [1.54, 1.807) is 0 Å². The number of sulfone groups is 1. The molecule has 24 heavy (non-hydrogen) atoms. The van der Waals surface area contributed by atoms with Crippen molar-refractivity contribution in [3.63, 3.8) is 0 Å². The molecule has 1 unspecified atom stereocenters. The molecule has 0 saturated carbocycles. The van der Waals surface area contributed by atoms with Crippen LogP contribution in [0, 0.1) is 5.92 Å². The maximum Gasteiger partial charge on any atom is 0.410 e. The molecule has 6 nitrogen and oxygen atoms in total. The number of rotatable bonds is 2. The molecule has 0 spiro atoms. The fourth-order valence-electron chi connectivity index (χ4n) is 3.64. The molecule has 140 valence electrons. The van der Waals surface area contributed by atoms with Gasteiger partial charge in [0.1, 0.15) is 5.60 Å². The van der Waals surface area contributed by atoms with E-state index >= 15 is 0 Å². The molecule has 1 amide bonds. The van der Waals surface area contributed by atoms with Gasteiger partial charge >= 0.3 is 6.09 Å². The van der Waals surface area contributed by atoms with Gasteiger partial charge in [-0.15, -0.1) is 0 Å². The average Bonchev–Trinajstić information content (AvgIpc) is 2.38. The Balaban J connectivity index is 1.90. The lowest BCUT2D eigenvalue weighted by Gasteiger charge is -2.46. The number of nitrogens with zero attached hydrogens (tertiary/aromatic N) is 2. The summed E-state index contributed by atoms with van der Waals surface area (Å²) >= 11 is 0. The number of carbonyl (C=O) groups is 1. The van der Waals surface area contributed by atoms with E-state index in [9.17, 15) is 13.2 Å². The average molecular weight is 361 g/mol. The highest BCUT2D eigenvalue weighted by atomic mass is 32.2. The van der Waals surface area contributed by atoms with Gasteiger partial charge in [0.25, 0.3) is 0 Å². The van der Waals surface area contributed by atoms with Crippen LogP contribution in [0.25, 0.3) is 0 Å². The highest BCUT2D eigenvalue weighted by Gasteiger charge is 2.40. The van der Waals surface area contributed by atoms with E-state index < -0.39 is 15.4 Å². The van der Waals surface area contributed by atoms with Gasteiger partial charge in [-0.05, 0) is 53.4 Å². The zero-order valence-corrected chi connectivity index (χ0v) is 16.5. The van der Waals surface area contributed by atoms with Crippen LogP contribution in [0.5, 0.6) is 0 Å². The molecule has 0 aromatic heterocycles. The Morgan fingerprint density at radius 3 is 2.25 bits per heavy atom. The van der Waals surface area contributed by atoms with Crippen molar-refractivity contribution >= 4 is 15.9 Å². The molecule has 2 rings (SSSR count). The molecular formula is C17H32N2O4S. The highest BCUT2D eigenvalue weighted by molar-refractivity contribution is 7.91. The first-order valence-electron chi connectivity index (χ1n) is 8.81. The molecular weight excluding hydrogens is 328 g/mol. The molecule has 2 saturated heterocycles. The van der Waals surface area contributed by atoms with Crippen LogP contribution in [-0.2, 0) is 14.6 Å². The van der Waals surface area contributed by atoms with Gasteiger partial charge in [0, 0.05) is 31.7 Å². The number of amides is 1. The van der Waals surface area contributed by atoms with Crippen molar-refractivity contribution in [2.45, 2.75) is 58.6 Å². The first-order valence-corrected chi connectivity index (χ1v) is 10.6. The molecule has 7 heteroatoms. The minimum Gasteiger partial charge on any atom is -0.444 e. The quantitative estimate of drug-likeness (QED) is 0.755. The van der Waals surface area contributed by atoms with Crippen LogP contribution in [0.1, 0.15) is 47.5 Å². The molecule has 2 aliphatic rings. The lowest BCUT2D eigenvalue weighted by Crippen LogP contribution is -2.55. The summed E-state index contributed by atoms with van der Waals surface area (Å²) in [7, 11) is -2.83. The van der Waals surface area contributed by atoms with E-state index in [0.29, 0.717) is 25.6 Å². The van der Waals surface area contributed by atoms with Gasteiger partial charge in [-0.1, -0.05) is 0 Å². The van der Waals surface area contributed by atoms with Crippen LogP contribution in [0.2, 0.25) is 0 Å². The topological polar surface area (TPSA) is 66.9 Å². The Morgan fingerprint density at radius 1 is 1.17 bits per heavy atom. The molecule has 0 aromatic carbocycles. The van der Waals surface area contributed by atoms with Crippen molar-refractivity contribution in [2.24, 2.45) is 5.92 Å². The maximum absolute atomic E-state index is 12.4. The minimum absolute atomic E-state index is 0.241. The second kappa shape index (κ2) is 6.83. The van der Waals surface area contributed by atoms with Crippen molar-refractivity contribution < 1.29 is 17.9 Å². The van der Waals surface area contributed by atoms with E-state index in [2.05, 4.69) is 18.7 Å². The third-order valence-electron chi connectivity index (χ3n) is 4.85. The highest BCUT2D eigenvalue weighted by Crippen LogP contribution is 2.33. The Labute approximate surface area is 146 Å².